The number of hydrogen-bond donors (Lipinski definition) is 0. The van der Waals surface area contributed by atoms with Gasteiger partial charge in [0, 0.05) is 12.1 Å². The highest BCUT2D eigenvalue weighted by molar-refractivity contribution is 5.74. The minimum atomic E-state index is -0.662. The Morgan fingerprint density at radius 1 is 1.55 bits per heavy atom. The van der Waals surface area contributed by atoms with Gasteiger partial charge in [-0.3, -0.25) is 4.79 Å². The lowest BCUT2D eigenvalue weighted by Crippen LogP contribution is -2.33. The second-order valence-electron chi connectivity index (χ2n) is 5.47. The summed E-state index contributed by atoms with van der Waals surface area (Å²) in [7, 11) is 1.33. The van der Waals surface area contributed by atoms with E-state index < -0.39 is 12.0 Å². The van der Waals surface area contributed by atoms with Gasteiger partial charge in [0.15, 0.2) is 6.04 Å². The van der Waals surface area contributed by atoms with E-state index in [0.29, 0.717) is 24.6 Å². The van der Waals surface area contributed by atoms with E-state index in [0.717, 1.165) is 18.4 Å². The van der Waals surface area contributed by atoms with Crippen LogP contribution in [-0.2, 0) is 14.3 Å². The van der Waals surface area contributed by atoms with Crippen molar-refractivity contribution in [3.63, 3.8) is 0 Å². The third-order valence-electron chi connectivity index (χ3n) is 3.70. The highest BCUT2D eigenvalue weighted by Gasteiger charge is 2.32. The van der Waals surface area contributed by atoms with Crippen LogP contribution in [0.3, 0.4) is 0 Å². The normalized spacial score (nSPS) is 15.8. The van der Waals surface area contributed by atoms with Gasteiger partial charge in [-0.1, -0.05) is 12.8 Å². The fourth-order valence-electron chi connectivity index (χ4n) is 2.27. The summed E-state index contributed by atoms with van der Waals surface area (Å²) in [6.07, 6.45) is 6.01. The Kier molecular flexibility index (Phi) is 5.35. The first-order chi connectivity index (χ1) is 10.6. The zero-order valence-corrected chi connectivity index (χ0v) is 13.2. The summed E-state index contributed by atoms with van der Waals surface area (Å²) in [5, 5.41) is 4.33. The SMILES string of the molecule is CCO/C=C/c1nn([C@@H](CC2CC2)C(=O)OC)c(=O)cc1C. The van der Waals surface area contributed by atoms with Crippen LogP contribution in [0.5, 0.6) is 0 Å². The molecule has 1 aromatic heterocycles. The van der Waals surface area contributed by atoms with Crippen molar-refractivity contribution >= 4 is 12.0 Å². The summed E-state index contributed by atoms with van der Waals surface area (Å²) < 4.78 is 11.2. The summed E-state index contributed by atoms with van der Waals surface area (Å²) in [6, 6.07) is 0.825. The molecule has 1 atom stereocenters. The first kappa shape index (κ1) is 16.3. The van der Waals surface area contributed by atoms with E-state index in [4.69, 9.17) is 9.47 Å². The maximum Gasteiger partial charge on any atom is 0.330 e. The van der Waals surface area contributed by atoms with Crippen LogP contribution in [-0.4, -0.2) is 29.5 Å². The molecule has 0 spiro atoms. The zero-order valence-electron chi connectivity index (χ0n) is 13.2. The van der Waals surface area contributed by atoms with Crippen LogP contribution in [0.15, 0.2) is 17.1 Å². The van der Waals surface area contributed by atoms with E-state index in [9.17, 15) is 9.59 Å². The fraction of sp³-hybridized carbons (Fsp3) is 0.562. The third-order valence-corrected chi connectivity index (χ3v) is 3.70. The lowest BCUT2D eigenvalue weighted by atomic mass is 10.1. The molecule has 1 aliphatic rings. The van der Waals surface area contributed by atoms with Crippen LogP contribution in [0.1, 0.15) is 43.5 Å². The average Bonchev–Trinajstić information content (AvgIpc) is 3.31. The van der Waals surface area contributed by atoms with Crippen molar-refractivity contribution in [1.82, 2.24) is 9.78 Å². The second-order valence-corrected chi connectivity index (χ2v) is 5.47. The van der Waals surface area contributed by atoms with Gasteiger partial charge in [-0.2, -0.15) is 5.10 Å². The van der Waals surface area contributed by atoms with E-state index >= 15 is 0 Å². The Morgan fingerprint density at radius 2 is 2.27 bits per heavy atom. The summed E-state index contributed by atoms with van der Waals surface area (Å²) in [5.74, 6) is 0.0478. The van der Waals surface area contributed by atoms with Crippen LogP contribution < -0.4 is 5.56 Å². The van der Waals surface area contributed by atoms with E-state index in [2.05, 4.69) is 5.10 Å². The van der Waals surface area contributed by atoms with Crippen molar-refractivity contribution in [2.45, 2.75) is 39.2 Å². The molecule has 6 nitrogen and oxygen atoms in total. The van der Waals surface area contributed by atoms with Gasteiger partial charge >= 0.3 is 5.97 Å². The molecule has 1 saturated carbocycles. The molecule has 0 bridgehead atoms. The zero-order chi connectivity index (χ0) is 16.1. The molecule has 2 rings (SSSR count). The molecule has 1 aliphatic carbocycles. The van der Waals surface area contributed by atoms with Crippen LogP contribution in [0.2, 0.25) is 0 Å². The molecule has 0 radical (unpaired) electrons. The Hall–Kier alpha value is -2.11. The average molecular weight is 306 g/mol. The molecule has 0 aliphatic heterocycles. The number of aromatic nitrogens is 2. The van der Waals surface area contributed by atoms with Crippen LogP contribution in [0, 0.1) is 12.8 Å². The smallest absolute Gasteiger partial charge is 0.330 e. The number of aryl methyl sites for hydroxylation is 1. The Bertz CT molecular complexity index is 617. The molecule has 1 aromatic rings. The highest BCUT2D eigenvalue weighted by atomic mass is 16.5. The number of hydrogen-bond acceptors (Lipinski definition) is 5. The Balaban J connectivity index is 2.35. The lowest BCUT2D eigenvalue weighted by molar-refractivity contribution is -0.145. The van der Waals surface area contributed by atoms with E-state index in [-0.39, 0.29) is 5.56 Å². The van der Waals surface area contributed by atoms with E-state index in [1.54, 1.807) is 13.0 Å². The molecular weight excluding hydrogens is 284 g/mol. The molecule has 0 saturated heterocycles. The van der Waals surface area contributed by atoms with Crippen molar-refractivity contribution in [2.75, 3.05) is 13.7 Å². The van der Waals surface area contributed by atoms with Gasteiger partial charge in [0.2, 0.25) is 0 Å². The summed E-state index contributed by atoms with van der Waals surface area (Å²) >= 11 is 0. The number of ether oxygens (including phenoxy) is 2. The van der Waals surface area contributed by atoms with Crippen LogP contribution in [0.25, 0.3) is 6.08 Å². The molecule has 1 fully saturated rings. The number of esters is 1. The number of rotatable bonds is 7. The van der Waals surface area contributed by atoms with Gasteiger partial charge in [0.25, 0.3) is 5.56 Å². The van der Waals surface area contributed by atoms with Crippen molar-refractivity contribution in [2.24, 2.45) is 5.92 Å². The van der Waals surface area contributed by atoms with E-state index in [1.165, 1.54) is 24.1 Å². The second kappa shape index (κ2) is 7.24. The van der Waals surface area contributed by atoms with Crippen molar-refractivity contribution in [3.8, 4) is 0 Å². The maximum absolute atomic E-state index is 12.2. The first-order valence-corrected chi connectivity index (χ1v) is 7.53. The Labute approximate surface area is 129 Å². The number of carbonyl (C=O) groups excluding carboxylic acids is 1. The third kappa shape index (κ3) is 3.96. The molecule has 0 aromatic carbocycles. The minimum Gasteiger partial charge on any atom is -0.501 e. The number of methoxy groups -OCH3 is 1. The topological polar surface area (TPSA) is 70.4 Å². The number of nitrogens with zero attached hydrogens (tertiary/aromatic N) is 2. The lowest BCUT2D eigenvalue weighted by Gasteiger charge is -2.17. The predicted molar refractivity (Wildman–Crippen MR) is 82.3 cm³/mol. The summed E-state index contributed by atoms with van der Waals surface area (Å²) in [4.78, 5) is 24.2. The number of carbonyl (C=O) groups is 1. The highest BCUT2D eigenvalue weighted by Crippen LogP contribution is 2.36. The molecular formula is C16H22N2O4. The van der Waals surface area contributed by atoms with Crippen LogP contribution >= 0.6 is 0 Å². The summed E-state index contributed by atoms with van der Waals surface area (Å²) in [5.41, 5.74) is 1.06. The van der Waals surface area contributed by atoms with Crippen molar-refractivity contribution < 1.29 is 14.3 Å². The molecule has 6 heteroatoms. The maximum atomic E-state index is 12.2. The monoisotopic (exact) mass is 306 g/mol. The van der Waals surface area contributed by atoms with Gasteiger partial charge in [-0.15, -0.1) is 0 Å². The van der Waals surface area contributed by atoms with Gasteiger partial charge in [-0.25, -0.2) is 9.48 Å². The van der Waals surface area contributed by atoms with Gasteiger partial charge in [0.05, 0.1) is 25.7 Å². The summed E-state index contributed by atoms with van der Waals surface area (Å²) in [6.45, 7) is 4.24. The quantitative estimate of drug-likeness (QED) is 0.570. The molecule has 0 unspecified atom stereocenters. The molecule has 0 N–H and O–H groups in total. The largest absolute Gasteiger partial charge is 0.501 e. The Morgan fingerprint density at radius 3 is 2.86 bits per heavy atom. The predicted octanol–water partition coefficient (Wildman–Crippen LogP) is 2.07. The van der Waals surface area contributed by atoms with Gasteiger partial charge in [-0.05, 0) is 31.7 Å². The fourth-order valence-corrected chi connectivity index (χ4v) is 2.27. The standard InChI is InChI=1S/C16H22N2O4/c1-4-22-8-7-13-11(2)9-15(19)18(17-13)14(16(20)21-3)10-12-5-6-12/h7-9,12,14H,4-6,10H2,1-3H3/b8-7+/t14-/m0/s1. The van der Waals surface area contributed by atoms with Gasteiger partial charge in [0.1, 0.15) is 0 Å². The molecule has 1 heterocycles. The molecule has 22 heavy (non-hydrogen) atoms. The molecule has 120 valence electrons. The van der Waals surface area contributed by atoms with Crippen molar-refractivity contribution in [3.05, 3.63) is 33.9 Å². The first-order valence-electron chi connectivity index (χ1n) is 7.53. The molecule has 0 amide bonds. The van der Waals surface area contributed by atoms with Crippen LogP contribution in [0.4, 0.5) is 0 Å². The van der Waals surface area contributed by atoms with E-state index in [1.807, 2.05) is 6.92 Å². The minimum absolute atomic E-state index is 0.290. The van der Waals surface area contributed by atoms with Gasteiger partial charge < -0.3 is 9.47 Å². The van der Waals surface area contributed by atoms with Crippen molar-refractivity contribution in [1.29, 1.82) is 0 Å².